The molecule has 0 bridgehead atoms. The average molecular weight is 291 g/mol. The number of aryl methyl sites for hydroxylation is 1. The van der Waals surface area contributed by atoms with Gasteiger partial charge in [0, 0.05) is 18.3 Å². The summed E-state index contributed by atoms with van der Waals surface area (Å²) in [6, 6.07) is 7.03. The Bertz CT molecular complexity index is 667. The molecule has 6 nitrogen and oxygen atoms in total. The molecule has 1 aromatic carbocycles. The van der Waals surface area contributed by atoms with Crippen molar-refractivity contribution in [2.45, 2.75) is 13.8 Å². The second-order valence-corrected chi connectivity index (χ2v) is 4.94. The number of carbonyl (C=O) groups is 2. The van der Waals surface area contributed by atoms with Gasteiger partial charge in [0.1, 0.15) is 10.6 Å². The van der Waals surface area contributed by atoms with E-state index in [2.05, 4.69) is 15.0 Å². The summed E-state index contributed by atoms with van der Waals surface area (Å²) in [5.41, 5.74) is 1.96. The lowest BCUT2D eigenvalue weighted by Crippen LogP contribution is -2.06. The first-order chi connectivity index (χ1) is 9.47. The van der Waals surface area contributed by atoms with E-state index in [0.717, 1.165) is 11.5 Å². The van der Waals surface area contributed by atoms with E-state index in [1.807, 2.05) is 0 Å². The van der Waals surface area contributed by atoms with Crippen molar-refractivity contribution in [3.8, 4) is 0 Å². The van der Waals surface area contributed by atoms with Gasteiger partial charge in [-0.25, -0.2) is 4.79 Å². The summed E-state index contributed by atoms with van der Waals surface area (Å²) in [6.07, 6.45) is 0. The Morgan fingerprint density at radius 3 is 2.65 bits per heavy atom. The molecule has 104 valence electrons. The Balaban J connectivity index is 2.26. The van der Waals surface area contributed by atoms with Crippen molar-refractivity contribution in [3.63, 3.8) is 0 Å². The molecule has 2 aromatic rings. The molecule has 0 atom stereocenters. The molecule has 7 heteroatoms. The summed E-state index contributed by atoms with van der Waals surface area (Å²) in [6.45, 7) is 3.08. The maximum Gasteiger partial charge on any atom is 0.340 e. The van der Waals surface area contributed by atoms with Gasteiger partial charge in [-0.1, -0.05) is 6.07 Å². The fourth-order valence-corrected chi connectivity index (χ4v) is 2.53. The van der Waals surface area contributed by atoms with Crippen LogP contribution in [-0.2, 0) is 4.79 Å². The Morgan fingerprint density at radius 1 is 1.30 bits per heavy atom. The fourth-order valence-electron chi connectivity index (χ4n) is 1.72. The van der Waals surface area contributed by atoms with Crippen LogP contribution >= 0.6 is 11.5 Å². The van der Waals surface area contributed by atoms with Gasteiger partial charge in [-0.05, 0) is 36.7 Å². The molecule has 0 aliphatic rings. The normalized spacial score (nSPS) is 10.1. The van der Waals surface area contributed by atoms with Crippen molar-refractivity contribution in [3.05, 3.63) is 35.5 Å². The molecule has 0 unspecified atom stereocenters. The van der Waals surface area contributed by atoms with Crippen LogP contribution in [0.5, 0.6) is 0 Å². The first kappa shape index (κ1) is 14.0. The van der Waals surface area contributed by atoms with Crippen LogP contribution in [-0.4, -0.2) is 21.4 Å². The predicted molar refractivity (Wildman–Crippen MR) is 77.8 cm³/mol. The maximum absolute atomic E-state index is 11.2. The number of aromatic carboxylic acids is 1. The molecule has 0 saturated heterocycles. The quantitative estimate of drug-likeness (QED) is 0.805. The van der Waals surface area contributed by atoms with E-state index in [9.17, 15) is 9.59 Å². The number of benzene rings is 1. The summed E-state index contributed by atoms with van der Waals surface area (Å²) < 4.78 is 4.03. The molecule has 1 heterocycles. The Kier molecular flexibility index (Phi) is 3.99. The number of nitrogens with zero attached hydrogens (tertiary/aromatic N) is 1. The number of nitrogens with one attached hydrogen (secondary N) is 2. The molecule has 0 spiro atoms. The lowest BCUT2D eigenvalue weighted by molar-refractivity contribution is -0.114. The van der Waals surface area contributed by atoms with Crippen LogP contribution in [0.25, 0.3) is 0 Å². The zero-order valence-corrected chi connectivity index (χ0v) is 11.7. The van der Waals surface area contributed by atoms with Gasteiger partial charge in [0.25, 0.3) is 0 Å². The highest BCUT2D eigenvalue weighted by Gasteiger charge is 2.17. The number of anilines is 3. The highest BCUT2D eigenvalue weighted by atomic mass is 32.1. The first-order valence-electron chi connectivity index (χ1n) is 5.81. The zero-order valence-electron chi connectivity index (χ0n) is 10.9. The molecular weight excluding hydrogens is 278 g/mol. The van der Waals surface area contributed by atoms with E-state index < -0.39 is 5.97 Å². The van der Waals surface area contributed by atoms with Gasteiger partial charge in [-0.3, -0.25) is 4.79 Å². The van der Waals surface area contributed by atoms with Crippen molar-refractivity contribution in [1.82, 2.24) is 4.37 Å². The van der Waals surface area contributed by atoms with Crippen LogP contribution in [0, 0.1) is 6.92 Å². The zero-order chi connectivity index (χ0) is 14.7. The van der Waals surface area contributed by atoms with Crippen LogP contribution in [0.3, 0.4) is 0 Å². The third-order valence-corrected chi connectivity index (χ3v) is 3.37. The number of carbonyl (C=O) groups excluding carboxylic acids is 1. The largest absolute Gasteiger partial charge is 0.478 e. The minimum Gasteiger partial charge on any atom is -0.478 e. The van der Waals surface area contributed by atoms with Crippen molar-refractivity contribution in [1.29, 1.82) is 0 Å². The third kappa shape index (κ3) is 3.12. The van der Waals surface area contributed by atoms with Crippen LogP contribution < -0.4 is 10.6 Å². The van der Waals surface area contributed by atoms with Crippen LogP contribution in [0.1, 0.15) is 23.0 Å². The predicted octanol–water partition coefficient (Wildman–Crippen LogP) is 2.85. The van der Waals surface area contributed by atoms with Gasteiger partial charge in [-0.15, -0.1) is 0 Å². The topological polar surface area (TPSA) is 91.3 Å². The molecule has 0 aliphatic carbocycles. The van der Waals surface area contributed by atoms with Gasteiger partial charge in [-0.2, -0.15) is 4.37 Å². The maximum atomic E-state index is 11.2. The molecule has 0 radical (unpaired) electrons. The van der Waals surface area contributed by atoms with E-state index in [0.29, 0.717) is 22.1 Å². The van der Waals surface area contributed by atoms with Crippen LogP contribution in [0.15, 0.2) is 24.3 Å². The number of carboxylic acids is 1. The van der Waals surface area contributed by atoms with Crippen LogP contribution in [0.4, 0.5) is 16.4 Å². The summed E-state index contributed by atoms with van der Waals surface area (Å²) in [5.74, 6) is -1.18. The monoisotopic (exact) mass is 291 g/mol. The molecular formula is C13H13N3O3S. The molecule has 3 N–H and O–H groups in total. The van der Waals surface area contributed by atoms with Gasteiger partial charge in [0.2, 0.25) is 5.91 Å². The second-order valence-electron chi connectivity index (χ2n) is 4.16. The second kappa shape index (κ2) is 5.70. The summed E-state index contributed by atoms with van der Waals surface area (Å²) >= 11 is 1.09. The lowest BCUT2D eigenvalue weighted by Gasteiger charge is -2.07. The van der Waals surface area contributed by atoms with Gasteiger partial charge in [0.15, 0.2) is 0 Å². The number of hydrogen-bond donors (Lipinski definition) is 3. The van der Waals surface area contributed by atoms with Crippen molar-refractivity contribution in [2.75, 3.05) is 10.6 Å². The van der Waals surface area contributed by atoms with E-state index in [1.165, 1.54) is 6.92 Å². The molecule has 0 saturated carbocycles. The first-order valence-corrected chi connectivity index (χ1v) is 6.59. The van der Waals surface area contributed by atoms with Gasteiger partial charge in [0.05, 0.1) is 5.69 Å². The standard InChI is InChI=1S/C13H13N3O3S/c1-7-11(13(18)19)12(20-16-7)15-10-5-3-4-9(6-10)14-8(2)17/h3-6,15H,1-2H3,(H,14,17)(H,18,19). The van der Waals surface area contributed by atoms with E-state index >= 15 is 0 Å². The Labute approximate surface area is 119 Å². The summed E-state index contributed by atoms with van der Waals surface area (Å²) in [5, 5.41) is 15.3. The smallest absolute Gasteiger partial charge is 0.340 e. The van der Waals surface area contributed by atoms with Crippen molar-refractivity contribution < 1.29 is 14.7 Å². The molecule has 20 heavy (non-hydrogen) atoms. The van der Waals surface area contributed by atoms with Gasteiger partial charge < -0.3 is 15.7 Å². The lowest BCUT2D eigenvalue weighted by atomic mass is 10.2. The molecule has 2 rings (SSSR count). The number of hydrogen-bond acceptors (Lipinski definition) is 5. The van der Waals surface area contributed by atoms with Crippen molar-refractivity contribution in [2.24, 2.45) is 0 Å². The number of carboxylic acid groups (broad SMARTS) is 1. The minimum absolute atomic E-state index is 0.165. The highest BCUT2D eigenvalue weighted by molar-refractivity contribution is 7.10. The Hall–Kier alpha value is -2.41. The molecule has 1 amide bonds. The van der Waals surface area contributed by atoms with Gasteiger partial charge >= 0.3 is 5.97 Å². The Morgan fingerprint density at radius 2 is 2.00 bits per heavy atom. The number of amides is 1. The fraction of sp³-hybridized carbons (Fsp3) is 0.154. The molecule has 1 aromatic heterocycles. The van der Waals surface area contributed by atoms with E-state index in [-0.39, 0.29) is 11.5 Å². The van der Waals surface area contributed by atoms with Crippen molar-refractivity contribution >= 4 is 39.8 Å². The molecule has 0 aliphatic heterocycles. The number of aromatic nitrogens is 1. The van der Waals surface area contributed by atoms with E-state index in [1.54, 1.807) is 31.2 Å². The molecule has 0 fully saturated rings. The SMILES string of the molecule is CC(=O)Nc1cccc(Nc2snc(C)c2C(=O)O)c1. The average Bonchev–Trinajstić information content (AvgIpc) is 2.70. The highest BCUT2D eigenvalue weighted by Crippen LogP contribution is 2.28. The third-order valence-electron chi connectivity index (χ3n) is 2.52. The van der Waals surface area contributed by atoms with Crippen LogP contribution in [0.2, 0.25) is 0 Å². The van der Waals surface area contributed by atoms with E-state index in [4.69, 9.17) is 5.11 Å². The minimum atomic E-state index is -1.02. The number of rotatable bonds is 4. The summed E-state index contributed by atoms with van der Waals surface area (Å²) in [7, 11) is 0. The summed E-state index contributed by atoms with van der Waals surface area (Å²) in [4.78, 5) is 22.2.